The van der Waals surface area contributed by atoms with Crippen LogP contribution in [-0.2, 0) is 0 Å². The summed E-state index contributed by atoms with van der Waals surface area (Å²) in [5.41, 5.74) is 1.28. The van der Waals surface area contributed by atoms with E-state index in [2.05, 4.69) is 25.7 Å². The Morgan fingerprint density at radius 2 is 2.20 bits per heavy atom. The van der Waals surface area contributed by atoms with Gasteiger partial charge in [-0.1, -0.05) is 17.7 Å². The fourth-order valence-corrected chi connectivity index (χ4v) is 3.05. The minimum absolute atomic E-state index is 0.170. The third-order valence-corrected chi connectivity index (χ3v) is 4.83. The number of rotatable bonds is 6. The van der Waals surface area contributed by atoms with E-state index in [1.165, 1.54) is 31.3 Å². The van der Waals surface area contributed by atoms with Gasteiger partial charge in [0.1, 0.15) is 11.9 Å². The Kier molecular flexibility index (Phi) is 5.33. The van der Waals surface area contributed by atoms with Gasteiger partial charge in [-0.25, -0.2) is 14.4 Å². The van der Waals surface area contributed by atoms with Crippen molar-refractivity contribution < 1.29 is 9.18 Å². The van der Waals surface area contributed by atoms with Crippen LogP contribution in [-0.4, -0.2) is 31.7 Å². The molecule has 10 heteroatoms. The fraction of sp³-hybridized carbons (Fsp3) is 0.250. The van der Waals surface area contributed by atoms with Gasteiger partial charge >= 0.3 is 0 Å². The Bertz CT molecular complexity index is 1150. The second-order valence-corrected chi connectivity index (χ2v) is 7.38. The largest absolute Gasteiger partial charge is 0.336 e. The van der Waals surface area contributed by atoms with Gasteiger partial charge in [-0.15, -0.1) is 0 Å². The molecule has 1 aliphatic rings. The van der Waals surface area contributed by atoms with Crippen molar-refractivity contribution >= 4 is 29.1 Å². The van der Waals surface area contributed by atoms with Gasteiger partial charge in [0.25, 0.3) is 5.91 Å². The molecular weight excluding hydrogens is 409 g/mol. The molecule has 1 aliphatic carbocycles. The summed E-state index contributed by atoms with van der Waals surface area (Å²) in [6.07, 6.45) is 7.23. The lowest BCUT2D eigenvalue weighted by Crippen LogP contribution is -2.31. The second-order valence-electron chi connectivity index (χ2n) is 6.97. The molecule has 0 aliphatic heterocycles. The number of amides is 1. The average Bonchev–Trinajstić information content (AvgIpc) is 3.48. The van der Waals surface area contributed by atoms with Crippen LogP contribution in [0.25, 0.3) is 11.3 Å². The van der Waals surface area contributed by atoms with Gasteiger partial charge in [-0.05, 0) is 31.9 Å². The summed E-state index contributed by atoms with van der Waals surface area (Å²) in [6.45, 7) is 1.51. The highest BCUT2D eigenvalue weighted by Crippen LogP contribution is 2.35. The predicted octanol–water partition coefficient (Wildman–Crippen LogP) is 3.85. The van der Waals surface area contributed by atoms with Crippen molar-refractivity contribution in [2.24, 2.45) is 0 Å². The Hall–Kier alpha value is -3.51. The van der Waals surface area contributed by atoms with Crippen LogP contribution in [0.2, 0.25) is 5.02 Å². The molecule has 3 aromatic rings. The summed E-state index contributed by atoms with van der Waals surface area (Å²) < 4.78 is 16.4. The summed E-state index contributed by atoms with van der Waals surface area (Å²) >= 11 is 6.22. The third kappa shape index (κ3) is 4.23. The summed E-state index contributed by atoms with van der Waals surface area (Å²) in [5, 5.41) is 18.8. The minimum atomic E-state index is -0.745. The number of benzene rings is 1. The number of hydrogen-bond donors (Lipinski definition) is 2. The molecule has 2 N–H and O–H groups in total. The van der Waals surface area contributed by atoms with Gasteiger partial charge in [0, 0.05) is 11.8 Å². The van der Waals surface area contributed by atoms with Crippen molar-refractivity contribution in [1.82, 2.24) is 25.1 Å². The van der Waals surface area contributed by atoms with Gasteiger partial charge in [0.05, 0.1) is 46.5 Å². The molecule has 1 atom stereocenters. The lowest BCUT2D eigenvalue weighted by atomic mass is 10.1. The molecule has 8 nitrogen and oxygen atoms in total. The van der Waals surface area contributed by atoms with Crippen molar-refractivity contribution in [2.75, 3.05) is 5.32 Å². The van der Waals surface area contributed by atoms with Gasteiger partial charge in [-0.2, -0.15) is 10.4 Å². The zero-order valence-corrected chi connectivity index (χ0v) is 16.7. The molecule has 30 heavy (non-hydrogen) atoms. The number of carbonyl (C=O) groups excluding carboxylic acids is 1. The molecule has 0 unspecified atom stereocenters. The summed E-state index contributed by atoms with van der Waals surface area (Å²) in [6, 6.07) is 5.63. The molecule has 1 amide bonds. The number of hydrogen-bond acceptors (Lipinski definition) is 6. The SMILES string of the molecule is C[C@@H](C#N)NC(=O)c1ccc(-c2nc(Nc3cnn(C4CC4)c3)ncc2Cl)cc1F. The number of halogens is 2. The van der Waals surface area contributed by atoms with Crippen molar-refractivity contribution in [3.8, 4) is 17.3 Å². The van der Waals surface area contributed by atoms with Crippen LogP contribution in [0, 0.1) is 17.1 Å². The Labute approximate surface area is 176 Å². The quantitative estimate of drug-likeness (QED) is 0.620. The average molecular weight is 426 g/mol. The molecule has 0 radical (unpaired) electrons. The van der Waals surface area contributed by atoms with E-state index < -0.39 is 17.8 Å². The Balaban J connectivity index is 1.57. The van der Waals surface area contributed by atoms with E-state index in [0.717, 1.165) is 18.5 Å². The van der Waals surface area contributed by atoms with Crippen molar-refractivity contribution in [3.63, 3.8) is 0 Å². The lowest BCUT2D eigenvalue weighted by Gasteiger charge is -2.10. The zero-order chi connectivity index (χ0) is 21.3. The Morgan fingerprint density at radius 1 is 1.40 bits per heavy atom. The number of carbonyl (C=O) groups is 1. The van der Waals surface area contributed by atoms with Gasteiger partial charge in [-0.3, -0.25) is 9.48 Å². The van der Waals surface area contributed by atoms with Crippen LogP contribution in [0.3, 0.4) is 0 Å². The van der Waals surface area contributed by atoms with Crippen LogP contribution in [0.4, 0.5) is 16.0 Å². The maximum atomic E-state index is 14.5. The number of aromatic nitrogens is 4. The van der Waals surface area contributed by atoms with E-state index in [9.17, 15) is 9.18 Å². The third-order valence-electron chi connectivity index (χ3n) is 4.55. The van der Waals surface area contributed by atoms with Gasteiger partial charge in [0.2, 0.25) is 5.95 Å². The van der Waals surface area contributed by atoms with E-state index in [0.29, 0.717) is 17.3 Å². The molecule has 4 rings (SSSR count). The van der Waals surface area contributed by atoms with Crippen molar-refractivity contribution in [2.45, 2.75) is 31.8 Å². The molecule has 1 fully saturated rings. The first-order valence-electron chi connectivity index (χ1n) is 9.28. The lowest BCUT2D eigenvalue weighted by molar-refractivity contribution is 0.0944. The van der Waals surface area contributed by atoms with Crippen LogP contribution in [0.1, 0.15) is 36.2 Å². The van der Waals surface area contributed by atoms with Gasteiger partial charge < -0.3 is 10.6 Å². The Morgan fingerprint density at radius 3 is 2.90 bits per heavy atom. The molecule has 0 spiro atoms. The molecule has 1 aromatic carbocycles. The van der Waals surface area contributed by atoms with E-state index in [1.54, 1.807) is 6.20 Å². The van der Waals surface area contributed by atoms with Crippen LogP contribution in [0.15, 0.2) is 36.8 Å². The highest BCUT2D eigenvalue weighted by atomic mass is 35.5. The number of nitrogens with zero attached hydrogens (tertiary/aromatic N) is 5. The normalized spacial score (nSPS) is 14.1. The zero-order valence-electron chi connectivity index (χ0n) is 15.9. The molecule has 0 bridgehead atoms. The summed E-state index contributed by atoms with van der Waals surface area (Å²) in [5.74, 6) is -1.13. The second kappa shape index (κ2) is 8.08. The summed E-state index contributed by atoms with van der Waals surface area (Å²) in [7, 11) is 0. The topological polar surface area (TPSA) is 109 Å². The van der Waals surface area contributed by atoms with Crippen LogP contribution in [0.5, 0.6) is 0 Å². The van der Waals surface area contributed by atoms with Crippen molar-refractivity contribution in [3.05, 3.63) is 53.2 Å². The number of anilines is 2. The highest BCUT2D eigenvalue weighted by Gasteiger charge is 2.24. The molecular formula is C20H17ClFN7O. The molecule has 2 heterocycles. The van der Waals surface area contributed by atoms with E-state index >= 15 is 0 Å². The van der Waals surface area contributed by atoms with Gasteiger partial charge in [0.15, 0.2) is 0 Å². The highest BCUT2D eigenvalue weighted by molar-refractivity contribution is 6.32. The fourth-order valence-electron chi connectivity index (χ4n) is 2.85. The van der Waals surface area contributed by atoms with Crippen molar-refractivity contribution in [1.29, 1.82) is 5.26 Å². The molecule has 0 saturated heterocycles. The van der Waals surface area contributed by atoms with E-state index in [-0.39, 0.29) is 16.5 Å². The van der Waals surface area contributed by atoms with E-state index in [4.69, 9.17) is 16.9 Å². The van der Waals surface area contributed by atoms with E-state index in [1.807, 2.05) is 16.9 Å². The first kappa shape index (κ1) is 19.8. The molecule has 152 valence electrons. The first-order chi connectivity index (χ1) is 14.4. The minimum Gasteiger partial charge on any atom is -0.336 e. The smallest absolute Gasteiger partial charge is 0.255 e. The van der Waals surface area contributed by atoms with Crippen LogP contribution < -0.4 is 10.6 Å². The summed E-state index contributed by atoms with van der Waals surface area (Å²) in [4.78, 5) is 20.6. The number of nitriles is 1. The monoisotopic (exact) mass is 425 g/mol. The molecule has 2 aromatic heterocycles. The maximum Gasteiger partial charge on any atom is 0.255 e. The van der Waals surface area contributed by atoms with Crippen LogP contribution >= 0.6 is 11.6 Å². The maximum absolute atomic E-state index is 14.5. The first-order valence-corrected chi connectivity index (χ1v) is 9.66. The molecule has 1 saturated carbocycles. The standard InChI is InChI=1S/C20H17ClFN7O/c1-11(7-23)26-19(30)15-5-2-12(6-17(15)22)18-16(21)9-24-20(28-18)27-13-8-25-29(10-13)14-3-4-14/h2,5-6,8-11,14H,3-4H2,1H3,(H,26,30)(H,24,27,28)/t11-/m0/s1. The predicted molar refractivity (Wildman–Crippen MR) is 109 cm³/mol. The number of nitrogens with one attached hydrogen (secondary N) is 2.